The average Bonchev–Trinajstić information content (AvgIpc) is 3.07. The maximum atomic E-state index is 12.8. The number of carbonyl (C=O) groups excluding carboxylic acids is 1. The van der Waals surface area contributed by atoms with Gasteiger partial charge in [-0.15, -0.1) is 0 Å². The smallest absolute Gasteiger partial charge is 0.276 e. The van der Waals surface area contributed by atoms with E-state index in [2.05, 4.69) is 5.16 Å². The monoisotopic (exact) mass is 326 g/mol. The van der Waals surface area contributed by atoms with Crippen LogP contribution in [0.5, 0.6) is 11.5 Å². The lowest BCUT2D eigenvalue weighted by Crippen LogP contribution is -2.36. The fourth-order valence-corrected chi connectivity index (χ4v) is 3.72. The van der Waals surface area contributed by atoms with Crippen LogP contribution in [-0.4, -0.2) is 35.3 Å². The largest absolute Gasteiger partial charge is 0.454 e. The van der Waals surface area contributed by atoms with Crippen molar-refractivity contribution in [1.82, 2.24) is 10.1 Å². The summed E-state index contributed by atoms with van der Waals surface area (Å²) in [6, 6.07) is 7.68. The van der Waals surface area contributed by atoms with Gasteiger partial charge in [0.2, 0.25) is 6.79 Å². The highest BCUT2D eigenvalue weighted by molar-refractivity contribution is 5.93. The molecule has 3 heterocycles. The maximum absolute atomic E-state index is 12.8. The van der Waals surface area contributed by atoms with Crippen LogP contribution in [0.15, 0.2) is 28.8 Å². The molecule has 24 heavy (non-hydrogen) atoms. The van der Waals surface area contributed by atoms with Crippen LogP contribution in [0.3, 0.4) is 0 Å². The van der Waals surface area contributed by atoms with E-state index in [1.807, 2.05) is 23.1 Å². The van der Waals surface area contributed by atoms with Gasteiger partial charge >= 0.3 is 0 Å². The molecule has 0 bridgehead atoms. The number of fused-ring (bicyclic) bond motifs is 1. The summed E-state index contributed by atoms with van der Waals surface area (Å²) in [6.07, 6.45) is 4.69. The van der Waals surface area contributed by atoms with Crippen molar-refractivity contribution in [2.24, 2.45) is 5.92 Å². The Morgan fingerprint density at radius 2 is 2.00 bits per heavy atom. The fraction of sp³-hybridized carbons (Fsp3) is 0.444. The first-order valence-corrected chi connectivity index (χ1v) is 8.47. The number of hydrogen-bond acceptors (Lipinski definition) is 5. The van der Waals surface area contributed by atoms with Crippen LogP contribution in [0.2, 0.25) is 0 Å². The highest BCUT2D eigenvalue weighted by Crippen LogP contribution is 2.41. The van der Waals surface area contributed by atoms with Crippen molar-refractivity contribution >= 4 is 5.91 Å². The molecular weight excluding hydrogens is 308 g/mol. The van der Waals surface area contributed by atoms with Crippen molar-refractivity contribution in [1.29, 1.82) is 0 Å². The molecular formula is C18H18N2O4. The summed E-state index contributed by atoms with van der Waals surface area (Å²) in [5.74, 6) is 2.65. The van der Waals surface area contributed by atoms with E-state index >= 15 is 0 Å². The van der Waals surface area contributed by atoms with Crippen LogP contribution < -0.4 is 9.47 Å². The average molecular weight is 326 g/mol. The number of nitrogens with zero attached hydrogens (tertiary/aromatic N) is 2. The van der Waals surface area contributed by atoms with E-state index in [9.17, 15) is 4.79 Å². The Morgan fingerprint density at radius 3 is 2.88 bits per heavy atom. The van der Waals surface area contributed by atoms with Crippen LogP contribution in [0.25, 0.3) is 11.3 Å². The van der Waals surface area contributed by atoms with Crippen LogP contribution in [0.1, 0.15) is 36.2 Å². The predicted octanol–water partition coefficient (Wildman–Crippen LogP) is 3.08. The zero-order valence-corrected chi connectivity index (χ0v) is 13.2. The Labute approximate surface area is 139 Å². The molecule has 0 N–H and O–H groups in total. The molecule has 2 aromatic rings. The number of hydrogen-bond donors (Lipinski definition) is 0. The van der Waals surface area contributed by atoms with Gasteiger partial charge in [0.05, 0.1) is 0 Å². The van der Waals surface area contributed by atoms with Crippen molar-refractivity contribution in [3.8, 4) is 22.8 Å². The molecule has 1 aliphatic carbocycles. The molecule has 1 atom stereocenters. The van der Waals surface area contributed by atoms with Gasteiger partial charge in [0, 0.05) is 24.2 Å². The Kier molecular flexibility index (Phi) is 3.04. The number of amides is 1. The SMILES string of the molecule is O=C(c1cc(-c2ccc3c(c2)OCO3)on1)N1CCCC1C1CC1. The summed E-state index contributed by atoms with van der Waals surface area (Å²) < 4.78 is 16.1. The van der Waals surface area contributed by atoms with E-state index in [-0.39, 0.29) is 12.7 Å². The van der Waals surface area contributed by atoms with E-state index < -0.39 is 0 Å². The quantitative estimate of drug-likeness (QED) is 0.867. The van der Waals surface area contributed by atoms with Crippen molar-refractivity contribution in [3.05, 3.63) is 30.0 Å². The number of likely N-dealkylation sites (tertiary alicyclic amines) is 1. The summed E-state index contributed by atoms with van der Waals surface area (Å²) in [4.78, 5) is 14.8. The van der Waals surface area contributed by atoms with Crippen LogP contribution in [-0.2, 0) is 0 Å². The van der Waals surface area contributed by atoms with Gasteiger partial charge in [-0.1, -0.05) is 5.16 Å². The molecule has 1 unspecified atom stereocenters. The second-order valence-corrected chi connectivity index (χ2v) is 6.69. The summed E-state index contributed by atoms with van der Waals surface area (Å²) in [6.45, 7) is 1.06. The lowest BCUT2D eigenvalue weighted by Gasteiger charge is -2.23. The number of benzene rings is 1. The highest BCUT2D eigenvalue weighted by atomic mass is 16.7. The molecule has 0 spiro atoms. The van der Waals surface area contributed by atoms with Crippen molar-refractivity contribution in [2.45, 2.75) is 31.7 Å². The van der Waals surface area contributed by atoms with E-state index in [1.54, 1.807) is 6.07 Å². The third-order valence-electron chi connectivity index (χ3n) is 5.11. The van der Waals surface area contributed by atoms with Gasteiger partial charge in [-0.2, -0.15) is 0 Å². The van der Waals surface area contributed by atoms with Gasteiger partial charge in [0.25, 0.3) is 5.91 Å². The molecule has 1 saturated heterocycles. The molecule has 1 aromatic heterocycles. The van der Waals surface area contributed by atoms with Gasteiger partial charge in [0.15, 0.2) is 23.0 Å². The molecule has 3 aliphatic rings. The molecule has 0 radical (unpaired) electrons. The molecule has 124 valence electrons. The van der Waals surface area contributed by atoms with E-state index in [0.29, 0.717) is 29.2 Å². The fourth-order valence-electron chi connectivity index (χ4n) is 3.72. The first kappa shape index (κ1) is 13.9. The minimum atomic E-state index is -0.0138. The summed E-state index contributed by atoms with van der Waals surface area (Å²) in [5.41, 5.74) is 1.21. The topological polar surface area (TPSA) is 64.8 Å². The van der Waals surface area contributed by atoms with Crippen LogP contribution >= 0.6 is 0 Å². The zero-order valence-electron chi connectivity index (χ0n) is 13.2. The normalized spacial score (nSPS) is 22.2. The standard InChI is InChI=1S/C18H18N2O4/c21-18(20-7-1-2-14(20)11-3-4-11)13-9-16(24-19-13)12-5-6-15-17(8-12)23-10-22-15/h5-6,8-9,11,14H,1-4,7,10H2. The number of aromatic nitrogens is 1. The van der Waals surface area contributed by atoms with Gasteiger partial charge < -0.3 is 18.9 Å². The lowest BCUT2D eigenvalue weighted by atomic mass is 10.1. The number of rotatable bonds is 3. The molecule has 2 aliphatic heterocycles. The minimum Gasteiger partial charge on any atom is -0.454 e. The molecule has 1 saturated carbocycles. The second kappa shape index (κ2) is 5.26. The Balaban J connectivity index is 1.39. The first-order chi connectivity index (χ1) is 11.8. The van der Waals surface area contributed by atoms with Crippen LogP contribution in [0.4, 0.5) is 0 Å². The van der Waals surface area contributed by atoms with E-state index in [4.69, 9.17) is 14.0 Å². The zero-order chi connectivity index (χ0) is 16.1. The number of carbonyl (C=O) groups is 1. The second-order valence-electron chi connectivity index (χ2n) is 6.69. The van der Waals surface area contributed by atoms with Crippen molar-refractivity contribution < 1.29 is 18.8 Å². The van der Waals surface area contributed by atoms with Gasteiger partial charge in [-0.3, -0.25) is 4.79 Å². The Bertz CT molecular complexity index is 796. The molecule has 2 fully saturated rings. The summed E-state index contributed by atoms with van der Waals surface area (Å²) in [5, 5.41) is 4.01. The summed E-state index contributed by atoms with van der Waals surface area (Å²) in [7, 11) is 0. The first-order valence-electron chi connectivity index (χ1n) is 8.47. The third-order valence-corrected chi connectivity index (χ3v) is 5.11. The third kappa shape index (κ3) is 2.25. The van der Waals surface area contributed by atoms with Crippen molar-refractivity contribution in [2.75, 3.05) is 13.3 Å². The number of ether oxygens (including phenoxy) is 2. The van der Waals surface area contributed by atoms with E-state index in [1.165, 1.54) is 12.8 Å². The van der Waals surface area contributed by atoms with Crippen molar-refractivity contribution in [3.63, 3.8) is 0 Å². The lowest BCUT2D eigenvalue weighted by molar-refractivity contribution is 0.0710. The van der Waals surface area contributed by atoms with Gasteiger partial charge in [0.1, 0.15) is 0 Å². The molecule has 1 aromatic carbocycles. The maximum Gasteiger partial charge on any atom is 0.276 e. The molecule has 1 amide bonds. The van der Waals surface area contributed by atoms with Gasteiger partial charge in [-0.25, -0.2) is 0 Å². The molecule has 6 heteroatoms. The van der Waals surface area contributed by atoms with Gasteiger partial charge in [-0.05, 0) is 49.8 Å². The minimum absolute atomic E-state index is 0.0138. The van der Waals surface area contributed by atoms with E-state index in [0.717, 1.165) is 30.7 Å². The predicted molar refractivity (Wildman–Crippen MR) is 84.8 cm³/mol. The Hall–Kier alpha value is -2.50. The Morgan fingerprint density at radius 1 is 1.12 bits per heavy atom. The molecule has 5 rings (SSSR count). The molecule has 6 nitrogen and oxygen atoms in total. The highest BCUT2D eigenvalue weighted by Gasteiger charge is 2.40. The van der Waals surface area contributed by atoms with Crippen LogP contribution in [0, 0.1) is 5.92 Å². The summed E-state index contributed by atoms with van der Waals surface area (Å²) >= 11 is 0.